The Morgan fingerprint density at radius 2 is 1.30 bits per heavy atom. The molecule has 2 unspecified atom stereocenters. The molecule has 0 amide bonds. The Balaban J connectivity index is 1.16. The number of carbonyl (C=O) groups excluding carboxylic acids is 4. The molecule has 0 radical (unpaired) electrons. The van der Waals surface area contributed by atoms with Crippen molar-refractivity contribution in [1.82, 2.24) is 0 Å². The maximum absolute atomic E-state index is 13.9. The third kappa shape index (κ3) is 6.68. The molecule has 4 aliphatic rings. The average Bonchev–Trinajstić information content (AvgIpc) is 2.96. The second-order valence-electron chi connectivity index (χ2n) is 14.3. The SMILES string of the molecule is CC(=O)CC(C)(CC(=O)C1CCC(C2Cc3ccccc3CC2=O)CC1)C(=O)C1CCC(C2CCCCC2)CC1. The lowest BCUT2D eigenvalue weighted by atomic mass is 9.64. The maximum atomic E-state index is 13.9. The molecule has 1 aromatic carbocycles. The molecule has 0 heterocycles. The van der Waals surface area contributed by atoms with E-state index in [-0.39, 0.29) is 47.9 Å². The highest BCUT2D eigenvalue weighted by Gasteiger charge is 2.44. The molecule has 4 aliphatic carbocycles. The van der Waals surface area contributed by atoms with E-state index in [9.17, 15) is 19.2 Å². The highest BCUT2D eigenvalue weighted by molar-refractivity contribution is 5.96. The van der Waals surface area contributed by atoms with Crippen molar-refractivity contribution < 1.29 is 19.2 Å². The summed E-state index contributed by atoms with van der Waals surface area (Å²) in [5, 5.41) is 0. The lowest BCUT2D eigenvalue weighted by Crippen LogP contribution is -2.41. The number of hydrogen-bond acceptors (Lipinski definition) is 4. The molecule has 2 atom stereocenters. The third-order valence-electron chi connectivity index (χ3n) is 11.4. The van der Waals surface area contributed by atoms with E-state index in [1.807, 2.05) is 13.0 Å². The first-order valence-electron chi connectivity index (χ1n) is 16.4. The van der Waals surface area contributed by atoms with Crippen LogP contribution in [-0.4, -0.2) is 23.1 Å². The van der Waals surface area contributed by atoms with Gasteiger partial charge in [0, 0.05) is 42.4 Å². The van der Waals surface area contributed by atoms with Crippen molar-refractivity contribution in [3.8, 4) is 0 Å². The standard InChI is InChI=1S/C36H50O4/c1-24(37)22-36(2,35(40)29-18-12-26(13-19-29)25-8-4-3-5-9-25)23-34(39)28-16-14-27(15-17-28)32-20-30-10-6-7-11-31(30)21-33(32)38/h6-7,10-11,25-29,32H,3-5,8-9,12-23H2,1-2H3. The molecule has 0 aromatic heterocycles. The van der Waals surface area contributed by atoms with Crippen molar-refractivity contribution in [1.29, 1.82) is 0 Å². The van der Waals surface area contributed by atoms with Crippen molar-refractivity contribution in [3.05, 3.63) is 35.4 Å². The Labute approximate surface area is 241 Å². The first-order valence-corrected chi connectivity index (χ1v) is 16.4. The number of benzene rings is 1. The summed E-state index contributed by atoms with van der Waals surface area (Å²) in [4.78, 5) is 52.8. The first kappa shape index (κ1) is 29.4. The molecule has 40 heavy (non-hydrogen) atoms. The third-order valence-corrected chi connectivity index (χ3v) is 11.4. The van der Waals surface area contributed by atoms with Gasteiger partial charge in [-0.3, -0.25) is 19.2 Å². The summed E-state index contributed by atoms with van der Waals surface area (Å²) in [6, 6.07) is 8.29. The van der Waals surface area contributed by atoms with Gasteiger partial charge in [-0.1, -0.05) is 63.3 Å². The van der Waals surface area contributed by atoms with Gasteiger partial charge in [0.05, 0.1) is 0 Å². The molecule has 3 fully saturated rings. The van der Waals surface area contributed by atoms with Crippen molar-refractivity contribution >= 4 is 23.1 Å². The molecule has 218 valence electrons. The molecule has 5 rings (SSSR count). The number of carbonyl (C=O) groups is 4. The summed E-state index contributed by atoms with van der Waals surface area (Å²) in [5.74, 6) is 2.62. The average molecular weight is 547 g/mol. The number of hydrogen-bond donors (Lipinski definition) is 0. The molecular weight excluding hydrogens is 496 g/mol. The van der Waals surface area contributed by atoms with E-state index in [1.165, 1.54) is 43.2 Å². The summed E-state index contributed by atoms with van der Waals surface area (Å²) in [5.41, 5.74) is 1.59. The topological polar surface area (TPSA) is 68.3 Å². The zero-order chi connectivity index (χ0) is 28.3. The van der Waals surface area contributed by atoms with Gasteiger partial charge in [0.25, 0.3) is 0 Å². The summed E-state index contributed by atoms with van der Waals surface area (Å²) in [7, 11) is 0. The molecule has 3 saturated carbocycles. The second kappa shape index (κ2) is 12.8. The van der Waals surface area contributed by atoms with Crippen LogP contribution in [0.5, 0.6) is 0 Å². The molecule has 0 bridgehead atoms. The number of fused-ring (bicyclic) bond motifs is 1. The Bertz CT molecular complexity index is 1080. The second-order valence-corrected chi connectivity index (χ2v) is 14.3. The predicted octanol–water partition coefficient (Wildman–Crippen LogP) is 7.68. The van der Waals surface area contributed by atoms with Crippen LogP contribution in [0.2, 0.25) is 0 Å². The maximum Gasteiger partial charge on any atom is 0.142 e. The van der Waals surface area contributed by atoms with E-state index < -0.39 is 5.41 Å². The fourth-order valence-corrected chi connectivity index (χ4v) is 9.14. The fourth-order valence-electron chi connectivity index (χ4n) is 9.14. The van der Waals surface area contributed by atoms with Crippen LogP contribution < -0.4 is 0 Å². The van der Waals surface area contributed by atoms with Gasteiger partial charge in [0.1, 0.15) is 23.1 Å². The molecule has 0 spiro atoms. The molecule has 0 saturated heterocycles. The van der Waals surface area contributed by atoms with Crippen molar-refractivity contribution in [2.24, 2.45) is 40.9 Å². The summed E-state index contributed by atoms with van der Waals surface area (Å²) in [6.07, 6.45) is 16.0. The van der Waals surface area contributed by atoms with Crippen molar-refractivity contribution in [2.75, 3.05) is 0 Å². The van der Waals surface area contributed by atoms with Gasteiger partial charge >= 0.3 is 0 Å². The molecule has 4 nitrogen and oxygen atoms in total. The fraction of sp³-hybridized carbons (Fsp3) is 0.722. The quantitative estimate of drug-likeness (QED) is 0.319. The highest BCUT2D eigenvalue weighted by atomic mass is 16.1. The van der Waals surface area contributed by atoms with Crippen LogP contribution in [0.3, 0.4) is 0 Å². The predicted molar refractivity (Wildman–Crippen MR) is 158 cm³/mol. The molecule has 0 aliphatic heterocycles. The molecule has 4 heteroatoms. The molecular formula is C36H50O4. The number of ketones is 4. The first-order chi connectivity index (χ1) is 19.2. The normalized spacial score (nSPS) is 31.1. The van der Waals surface area contributed by atoms with E-state index >= 15 is 0 Å². The van der Waals surface area contributed by atoms with Crippen LogP contribution >= 0.6 is 0 Å². The molecule has 0 N–H and O–H groups in total. The minimum Gasteiger partial charge on any atom is -0.300 e. The highest BCUT2D eigenvalue weighted by Crippen LogP contribution is 2.45. The van der Waals surface area contributed by atoms with Crippen LogP contribution in [-0.2, 0) is 32.0 Å². The van der Waals surface area contributed by atoms with Crippen LogP contribution in [0.15, 0.2) is 24.3 Å². The summed E-state index contributed by atoms with van der Waals surface area (Å²) >= 11 is 0. The van der Waals surface area contributed by atoms with E-state index in [2.05, 4.69) is 18.2 Å². The van der Waals surface area contributed by atoms with Gasteiger partial charge in [-0.05, 0) is 93.6 Å². The Morgan fingerprint density at radius 1 is 0.725 bits per heavy atom. The minimum atomic E-state index is -0.884. The van der Waals surface area contributed by atoms with Gasteiger partial charge in [0.2, 0.25) is 0 Å². The van der Waals surface area contributed by atoms with Gasteiger partial charge in [-0.25, -0.2) is 0 Å². The monoisotopic (exact) mass is 546 g/mol. The zero-order valence-corrected chi connectivity index (χ0v) is 24.9. The molecule has 1 aromatic rings. The van der Waals surface area contributed by atoms with Crippen molar-refractivity contribution in [3.63, 3.8) is 0 Å². The Kier molecular flexibility index (Phi) is 9.42. The van der Waals surface area contributed by atoms with Crippen LogP contribution in [0.1, 0.15) is 121 Å². The largest absolute Gasteiger partial charge is 0.300 e. The van der Waals surface area contributed by atoms with Crippen LogP contribution in [0.4, 0.5) is 0 Å². The lowest BCUT2D eigenvalue weighted by molar-refractivity contribution is -0.141. The number of Topliss-reactive ketones (excluding diaryl/α,β-unsaturated/α-hetero) is 4. The van der Waals surface area contributed by atoms with Gasteiger partial charge < -0.3 is 0 Å². The van der Waals surface area contributed by atoms with E-state index in [4.69, 9.17) is 0 Å². The summed E-state index contributed by atoms with van der Waals surface area (Å²) in [6.45, 7) is 3.45. The zero-order valence-electron chi connectivity index (χ0n) is 24.9. The number of rotatable bonds is 9. The smallest absolute Gasteiger partial charge is 0.142 e. The Hall–Kier alpha value is -2.10. The summed E-state index contributed by atoms with van der Waals surface area (Å²) < 4.78 is 0. The van der Waals surface area contributed by atoms with E-state index in [0.717, 1.165) is 69.6 Å². The van der Waals surface area contributed by atoms with Crippen LogP contribution in [0, 0.1) is 40.9 Å². The van der Waals surface area contributed by atoms with E-state index in [1.54, 1.807) is 6.92 Å². The van der Waals surface area contributed by atoms with Gasteiger partial charge in [0.15, 0.2) is 0 Å². The minimum absolute atomic E-state index is 0.000609. The van der Waals surface area contributed by atoms with Gasteiger partial charge in [-0.15, -0.1) is 0 Å². The van der Waals surface area contributed by atoms with E-state index in [0.29, 0.717) is 18.1 Å². The van der Waals surface area contributed by atoms with Crippen LogP contribution in [0.25, 0.3) is 0 Å². The van der Waals surface area contributed by atoms with Crippen molar-refractivity contribution in [2.45, 2.75) is 123 Å². The Morgan fingerprint density at radius 3 is 1.95 bits per heavy atom. The lowest BCUT2D eigenvalue weighted by Gasteiger charge is -2.39. The van der Waals surface area contributed by atoms with Gasteiger partial charge in [-0.2, -0.15) is 0 Å².